The maximum Gasteiger partial charge on any atom is 0.111 e. The van der Waals surface area contributed by atoms with Gasteiger partial charge in [-0.25, -0.2) is 4.98 Å². The number of likely N-dealkylation sites (tertiary alicyclic amines) is 1. The third-order valence-corrected chi connectivity index (χ3v) is 5.48. The highest BCUT2D eigenvalue weighted by molar-refractivity contribution is 7.18. The number of aryl methyl sites for hydroxylation is 1. The number of hydrogen-bond donors (Lipinski definition) is 0. The van der Waals surface area contributed by atoms with E-state index >= 15 is 0 Å². The molecule has 4 nitrogen and oxygen atoms in total. The van der Waals surface area contributed by atoms with Gasteiger partial charge in [-0.3, -0.25) is 9.58 Å². The van der Waals surface area contributed by atoms with Gasteiger partial charge in [0.1, 0.15) is 5.01 Å². The van der Waals surface area contributed by atoms with Crippen molar-refractivity contribution >= 4 is 21.6 Å². The second kappa shape index (κ2) is 5.82. The van der Waals surface area contributed by atoms with Crippen LogP contribution in [0.15, 0.2) is 36.5 Å². The zero-order chi connectivity index (χ0) is 14.9. The molecule has 22 heavy (non-hydrogen) atoms. The van der Waals surface area contributed by atoms with Gasteiger partial charge >= 0.3 is 0 Å². The van der Waals surface area contributed by atoms with Crippen LogP contribution in [0, 0.1) is 0 Å². The van der Waals surface area contributed by atoms with E-state index in [0.717, 1.165) is 30.8 Å². The number of benzene rings is 1. The van der Waals surface area contributed by atoms with Crippen LogP contribution in [0.2, 0.25) is 0 Å². The smallest absolute Gasteiger partial charge is 0.111 e. The Kier molecular flexibility index (Phi) is 3.68. The Balaban J connectivity index is 1.57. The van der Waals surface area contributed by atoms with Gasteiger partial charge in [0, 0.05) is 19.3 Å². The fourth-order valence-corrected chi connectivity index (χ4v) is 4.34. The zero-order valence-corrected chi connectivity index (χ0v) is 13.6. The summed E-state index contributed by atoms with van der Waals surface area (Å²) in [5.74, 6) is 0. The summed E-state index contributed by atoms with van der Waals surface area (Å²) in [7, 11) is 0. The molecule has 0 unspecified atom stereocenters. The molecule has 1 saturated heterocycles. The number of para-hydroxylation sites is 1. The molecule has 1 aliphatic heterocycles. The minimum absolute atomic E-state index is 0.448. The van der Waals surface area contributed by atoms with Crippen LogP contribution in [0.4, 0.5) is 0 Å². The Morgan fingerprint density at radius 2 is 2.18 bits per heavy atom. The average molecular weight is 312 g/mol. The van der Waals surface area contributed by atoms with E-state index in [9.17, 15) is 0 Å². The van der Waals surface area contributed by atoms with Crippen molar-refractivity contribution in [3.05, 3.63) is 47.2 Å². The van der Waals surface area contributed by atoms with Gasteiger partial charge in [-0.1, -0.05) is 12.1 Å². The van der Waals surface area contributed by atoms with Crippen molar-refractivity contribution in [2.75, 3.05) is 6.54 Å². The minimum Gasteiger partial charge on any atom is -0.288 e. The van der Waals surface area contributed by atoms with E-state index in [1.807, 2.05) is 16.0 Å². The Bertz CT molecular complexity index is 743. The molecule has 1 aromatic carbocycles. The van der Waals surface area contributed by atoms with Gasteiger partial charge in [0.2, 0.25) is 0 Å². The summed E-state index contributed by atoms with van der Waals surface area (Å²) in [6, 6.07) is 11.0. The number of thiazole rings is 1. The van der Waals surface area contributed by atoms with Crippen molar-refractivity contribution in [3.8, 4) is 0 Å². The topological polar surface area (TPSA) is 34.0 Å². The molecular formula is C17H20N4S. The van der Waals surface area contributed by atoms with Gasteiger partial charge < -0.3 is 0 Å². The van der Waals surface area contributed by atoms with E-state index < -0.39 is 0 Å². The minimum atomic E-state index is 0.448. The van der Waals surface area contributed by atoms with Gasteiger partial charge in [0.15, 0.2) is 0 Å². The number of fused-ring (bicyclic) bond motifs is 1. The highest BCUT2D eigenvalue weighted by atomic mass is 32.1. The third-order valence-electron chi connectivity index (χ3n) is 4.34. The van der Waals surface area contributed by atoms with Crippen LogP contribution in [-0.2, 0) is 13.1 Å². The molecule has 0 saturated carbocycles. The molecule has 0 aliphatic carbocycles. The van der Waals surface area contributed by atoms with Crippen LogP contribution in [-0.4, -0.2) is 26.2 Å². The van der Waals surface area contributed by atoms with Crippen molar-refractivity contribution in [3.63, 3.8) is 0 Å². The molecule has 114 valence electrons. The molecular weight excluding hydrogens is 292 g/mol. The van der Waals surface area contributed by atoms with Crippen molar-refractivity contribution < 1.29 is 0 Å². The monoisotopic (exact) mass is 312 g/mol. The molecule has 0 N–H and O–H groups in total. The van der Waals surface area contributed by atoms with Crippen molar-refractivity contribution in [1.82, 2.24) is 19.7 Å². The van der Waals surface area contributed by atoms with Crippen molar-refractivity contribution in [2.45, 2.75) is 38.9 Å². The van der Waals surface area contributed by atoms with Crippen LogP contribution in [0.1, 0.15) is 36.5 Å². The normalized spacial score (nSPS) is 19.2. The lowest BCUT2D eigenvalue weighted by Crippen LogP contribution is -2.23. The predicted octanol–water partition coefficient (Wildman–Crippen LogP) is 3.85. The first-order valence-corrected chi connectivity index (χ1v) is 8.77. The van der Waals surface area contributed by atoms with Crippen LogP contribution < -0.4 is 0 Å². The maximum atomic E-state index is 4.86. The van der Waals surface area contributed by atoms with E-state index in [-0.39, 0.29) is 0 Å². The largest absolute Gasteiger partial charge is 0.288 e. The summed E-state index contributed by atoms with van der Waals surface area (Å²) in [6.07, 6.45) is 4.52. The molecule has 5 heteroatoms. The Hall–Kier alpha value is -1.72. The third kappa shape index (κ3) is 2.55. The molecule has 2 aromatic heterocycles. The molecule has 0 amide bonds. The average Bonchev–Trinajstić information content (AvgIpc) is 3.25. The summed E-state index contributed by atoms with van der Waals surface area (Å²) in [4.78, 5) is 7.39. The molecule has 3 aromatic rings. The Morgan fingerprint density at radius 1 is 1.27 bits per heavy atom. The van der Waals surface area contributed by atoms with E-state index in [4.69, 9.17) is 4.98 Å². The van der Waals surface area contributed by atoms with Crippen LogP contribution in [0.25, 0.3) is 10.2 Å². The van der Waals surface area contributed by atoms with Gasteiger partial charge in [-0.05, 0) is 44.5 Å². The molecule has 0 bridgehead atoms. The Labute approximate surface area is 134 Å². The van der Waals surface area contributed by atoms with E-state index in [0.29, 0.717) is 6.04 Å². The van der Waals surface area contributed by atoms with E-state index in [1.54, 1.807) is 0 Å². The molecule has 1 fully saturated rings. The molecule has 1 atom stereocenters. The fourth-order valence-electron chi connectivity index (χ4n) is 3.20. The maximum absolute atomic E-state index is 4.86. The SMILES string of the molecule is CCn1ccc(CN2CCC[C@@H]2c2nc3ccccc3s2)n1. The highest BCUT2D eigenvalue weighted by Crippen LogP contribution is 2.37. The van der Waals surface area contributed by atoms with Crippen molar-refractivity contribution in [2.24, 2.45) is 0 Å². The van der Waals surface area contributed by atoms with Crippen LogP contribution >= 0.6 is 11.3 Å². The first-order valence-electron chi connectivity index (χ1n) is 7.95. The lowest BCUT2D eigenvalue weighted by Gasteiger charge is -2.21. The van der Waals surface area contributed by atoms with Crippen LogP contribution in [0.5, 0.6) is 0 Å². The van der Waals surface area contributed by atoms with Crippen LogP contribution in [0.3, 0.4) is 0 Å². The number of aromatic nitrogens is 3. The summed E-state index contributed by atoms with van der Waals surface area (Å²) < 4.78 is 3.29. The molecule has 0 radical (unpaired) electrons. The van der Waals surface area contributed by atoms with E-state index in [2.05, 4.69) is 53.5 Å². The first kappa shape index (κ1) is 13.9. The number of nitrogens with zero attached hydrogens (tertiary/aromatic N) is 4. The molecule has 1 aliphatic rings. The molecule has 3 heterocycles. The number of hydrogen-bond acceptors (Lipinski definition) is 4. The van der Waals surface area contributed by atoms with Crippen molar-refractivity contribution in [1.29, 1.82) is 0 Å². The quantitative estimate of drug-likeness (QED) is 0.734. The number of rotatable bonds is 4. The van der Waals surface area contributed by atoms with Gasteiger partial charge in [-0.2, -0.15) is 5.10 Å². The second-order valence-corrected chi connectivity index (χ2v) is 6.87. The molecule has 4 rings (SSSR count). The molecule has 0 spiro atoms. The second-order valence-electron chi connectivity index (χ2n) is 5.81. The van der Waals surface area contributed by atoms with E-state index in [1.165, 1.54) is 22.5 Å². The first-order chi connectivity index (χ1) is 10.8. The van der Waals surface area contributed by atoms with Gasteiger partial charge in [-0.15, -0.1) is 11.3 Å². The lowest BCUT2D eigenvalue weighted by molar-refractivity contribution is 0.244. The predicted molar refractivity (Wildman–Crippen MR) is 89.9 cm³/mol. The Morgan fingerprint density at radius 3 is 3.00 bits per heavy atom. The lowest BCUT2D eigenvalue weighted by atomic mass is 10.2. The summed E-state index contributed by atoms with van der Waals surface area (Å²) in [6.45, 7) is 5.12. The summed E-state index contributed by atoms with van der Waals surface area (Å²) in [5, 5.41) is 5.88. The van der Waals surface area contributed by atoms with Gasteiger partial charge in [0.05, 0.1) is 22.0 Å². The standard InChI is InChI=1S/C17H20N4S/c1-2-21-11-9-13(19-21)12-20-10-5-7-15(20)17-18-14-6-3-4-8-16(14)22-17/h3-4,6,8-9,11,15H,2,5,7,10,12H2,1H3/t15-/m1/s1. The summed E-state index contributed by atoms with van der Waals surface area (Å²) in [5.41, 5.74) is 2.29. The van der Waals surface area contributed by atoms with Gasteiger partial charge in [0.25, 0.3) is 0 Å². The summed E-state index contributed by atoms with van der Waals surface area (Å²) >= 11 is 1.84. The zero-order valence-electron chi connectivity index (χ0n) is 12.8. The fraction of sp³-hybridized carbons (Fsp3) is 0.412. The highest BCUT2D eigenvalue weighted by Gasteiger charge is 2.29.